The Labute approximate surface area is 168 Å². The maximum Gasteiger partial charge on any atom is 0.192 e. The van der Waals surface area contributed by atoms with Crippen molar-refractivity contribution in [1.29, 1.82) is 0 Å². The fourth-order valence-electron chi connectivity index (χ4n) is 2.65. The number of hydrogen-bond donors (Lipinski definition) is 0. The summed E-state index contributed by atoms with van der Waals surface area (Å²) in [5.74, 6) is 2.98. The van der Waals surface area contributed by atoms with Crippen molar-refractivity contribution in [3.63, 3.8) is 0 Å². The molecule has 0 unspecified atom stereocenters. The van der Waals surface area contributed by atoms with Gasteiger partial charge in [0.2, 0.25) is 0 Å². The third-order valence-corrected chi connectivity index (χ3v) is 5.21. The van der Waals surface area contributed by atoms with Crippen molar-refractivity contribution in [1.82, 2.24) is 14.8 Å². The first kappa shape index (κ1) is 19.3. The van der Waals surface area contributed by atoms with E-state index in [1.807, 2.05) is 41.0 Å². The normalized spacial score (nSPS) is 10.6. The molecule has 0 radical (unpaired) electrons. The van der Waals surface area contributed by atoms with E-state index in [-0.39, 0.29) is 0 Å². The lowest BCUT2D eigenvalue weighted by molar-refractivity contribution is 0.414. The summed E-state index contributed by atoms with van der Waals surface area (Å²) >= 11 is 7.78. The van der Waals surface area contributed by atoms with Crippen LogP contribution in [0.3, 0.4) is 0 Å². The third kappa shape index (κ3) is 4.46. The molecule has 0 spiro atoms. The van der Waals surface area contributed by atoms with Gasteiger partial charge in [-0.2, -0.15) is 0 Å². The number of ether oxygens (including phenoxy) is 2. The van der Waals surface area contributed by atoms with E-state index in [1.165, 1.54) is 0 Å². The highest BCUT2D eigenvalue weighted by Crippen LogP contribution is 2.34. The first-order valence-corrected chi connectivity index (χ1v) is 9.66. The minimum atomic E-state index is 0.582. The van der Waals surface area contributed by atoms with Crippen molar-refractivity contribution in [2.45, 2.75) is 17.5 Å². The lowest BCUT2D eigenvalue weighted by atomic mass is 10.2. The second kappa shape index (κ2) is 8.97. The van der Waals surface area contributed by atoms with Gasteiger partial charge in [-0.1, -0.05) is 41.6 Å². The van der Waals surface area contributed by atoms with Crippen LogP contribution in [0, 0.1) is 0 Å². The highest BCUT2D eigenvalue weighted by atomic mass is 35.5. The van der Waals surface area contributed by atoms with Gasteiger partial charge < -0.3 is 9.47 Å². The van der Waals surface area contributed by atoms with E-state index in [0.717, 1.165) is 27.8 Å². The largest absolute Gasteiger partial charge is 0.497 e. The molecule has 0 aliphatic rings. The second-order valence-electron chi connectivity index (χ2n) is 5.69. The first-order chi connectivity index (χ1) is 13.2. The van der Waals surface area contributed by atoms with Crippen molar-refractivity contribution in [3.05, 3.63) is 65.7 Å². The van der Waals surface area contributed by atoms with E-state index in [2.05, 4.69) is 22.8 Å². The smallest absolute Gasteiger partial charge is 0.192 e. The van der Waals surface area contributed by atoms with Gasteiger partial charge in [-0.3, -0.25) is 4.57 Å². The molecule has 1 heterocycles. The first-order valence-electron chi connectivity index (χ1n) is 8.30. The summed E-state index contributed by atoms with van der Waals surface area (Å²) in [6.07, 6.45) is 1.82. The molecule has 0 N–H and O–H groups in total. The fraction of sp³-hybridized carbons (Fsp3) is 0.200. The van der Waals surface area contributed by atoms with Crippen molar-refractivity contribution >= 4 is 23.4 Å². The molecule has 0 atom stereocenters. The zero-order valence-corrected chi connectivity index (χ0v) is 16.8. The number of rotatable bonds is 8. The molecular weight excluding hydrogens is 382 g/mol. The molecule has 5 nitrogen and oxygen atoms in total. The van der Waals surface area contributed by atoms with Crippen LogP contribution in [0.2, 0.25) is 5.02 Å². The average Bonchev–Trinajstić information content (AvgIpc) is 3.09. The summed E-state index contributed by atoms with van der Waals surface area (Å²) in [5.41, 5.74) is 1.95. The van der Waals surface area contributed by atoms with Gasteiger partial charge in [0.25, 0.3) is 0 Å². The maximum absolute atomic E-state index is 6.18. The Hall–Kier alpha value is -2.44. The van der Waals surface area contributed by atoms with Crippen LogP contribution in [-0.2, 0) is 12.3 Å². The van der Waals surface area contributed by atoms with Crippen LogP contribution in [0.1, 0.15) is 5.56 Å². The molecule has 7 heteroatoms. The minimum absolute atomic E-state index is 0.582. The SMILES string of the molecule is C=CCn1c(SCc2cccc(OC)c2)nnc1-c1cc(Cl)ccc1OC. The Morgan fingerprint density at radius 2 is 2.00 bits per heavy atom. The van der Waals surface area contributed by atoms with E-state index >= 15 is 0 Å². The number of methoxy groups -OCH3 is 2. The monoisotopic (exact) mass is 401 g/mol. The van der Waals surface area contributed by atoms with Crippen LogP contribution >= 0.6 is 23.4 Å². The van der Waals surface area contributed by atoms with Gasteiger partial charge >= 0.3 is 0 Å². The summed E-state index contributed by atoms with van der Waals surface area (Å²) in [4.78, 5) is 0. The standard InChI is InChI=1S/C20H20ClN3O2S/c1-4-10-24-19(17-12-15(21)8-9-18(17)26-3)22-23-20(24)27-13-14-6-5-7-16(11-14)25-2/h4-9,11-12H,1,10,13H2,2-3H3. The Bertz CT molecular complexity index is 943. The molecule has 0 amide bonds. The molecule has 0 fully saturated rings. The van der Waals surface area contributed by atoms with E-state index in [0.29, 0.717) is 23.1 Å². The molecule has 0 aliphatic carbocycles. The van der Waals surface area contributed by atoms with E-state index in [1.54, 1.807) is 32.0 Å². The lowest BCUT2D eigenvalue weighted by Gasteiger charge is -2.11. The predicted molar refractivity (Wildman–Crippen MR) is 110 cm³/mol. The zero-order chi connectivity index (χ0) is 19.2. The van der Waals surface area contributed by atoms with Gasteiger partial charge in [0, 0.05) is 17.3 Å². The molecular formula is C20H20ClN3O2S. The van der Waals surface area contributed by atoms with Crippen LogP contribution in [0.25, 0.3) is 11.4 Å². The molecule has 0 saturated carbocycles. The number of hydrogen-bond acceptors (Lipinski definition) is 5. The number of thioether (sulfide) groups is 1. The van der Waals surface area contributed by atoms with Crippen LogP contribution in [-0.4, -0.2) is 29.0 Å². The summed E-state index contributed by atoms with van der Waals surface area (Å²) in [6, 6.07) is 13.4. The summed E-state index contributed by atoms with van der Waals surface area (Å²) in [7, 11) is 3.29. The molecule has 140 valence electrons. The van der Waals surface area contributed by atoms with Crippen LogP contribution in [0.5, 0.6) is 11.5 Å². The van der Waals surface area contributed by atoms with Gasteiger partial charge in [-0.25, -0.2) is 0 Å². The minimum Gasteiger partial charge on any atom is -0.497 e. The Morgan fingerprint density at radius 3 is 2.74 bits per heavy atom. The Balaban J connectivity index is 1.91. The Morgan fingerprint density at radius 1 is 1.15 bits per heavy atom. The van der Waals surface area contributed by atoms with Crippen LogP contribution in [0.4, 0.5) is 0 Å². The number of nitrogens with zero attached hydrogens (tertiary/aromatic N) is 3. The molecule has 2 aromatic carbocycles. The third-order valence-electron chi connectivity index (χ3n) is 3.93. The van der Waals surface area contributed by atoms with Gasteiger partial charge in [-0.05, 0) is 35.9 Å². The number of allylic oxidation sites excluding steroid dienone is 1. The molecule has 27 heavy (non-hydrogen) atoms. The maximum atomic E-state index is 6.18. The van der Waals surface area contributed by atoms with Crippen molar-refractivity contribution in [3.8, 4) is 22.9 Å². The van der Waals surface area contributed by atoms with E-state index in [9.17, 15) is 0 Å². The average molecular weight is 402 g/mol. The van der Waals surface area contributed by atoms with Crippen LogP contribution in [0.15, 0.2) is 60.3 Å². The summed E-state index contributed by atoms with van der Waals surface area (Å²) in [6.45, 7) is 4.43. The van der Waals surface area contributed by atoms with Gasteiger partial charge in [0.1, 0.15) is 11.5 Å². The van der Waals surface area contributed by atoms with Gasteiger partial charge in [-0.15, -0.1) is 16.8 Å². The molecule has 3 aromatic rings. The number of benzene rings is 2. The highest BCUT2D eigenvalue weighted by Gasteiger charge is 2.17. The number of aromatic nitrogens is 3. The summed E-state index contributed by atoms with van der Waals surface area (Å²) < 4.78 is 12.8. The quantitative estimate of drug-likeness (QED) is 0.388. The molecule has 1 aromatic heterocycles. The molecule has 0 bridgehead atoms. The van der Waals surface area contributed by atoms with E-state index < -0.39 is 0 Å². The van der Waals surface area contributed by atoms with Gasteiger partial charge in [0.15, 0.2) is 11.0 Å². The van der Waals surface area contributed by atoms with Crippen LogP contribution < -0.4 is 9.47 Å². The van der Waals surface area contributed by atoms with Gasteiger partial charge in [0.05, 0.1) is 19.8 Å². The Kier molecular flexibility index (Phi) is 6.42. The zero-order valence-electron chi connectivity index (χ0n) is 15.2. The highest BCUT2D eigenvalue weighted by molar-refractivity contribution is 7.98. The lowest BCUT2D eigenvalue weighted by Crippen LogP contribution is -2.02. The predicted octanol–water partition coefficient (Wildman–Crippen LogP) is 5.09. The second-order valence-corrected chi connectivity index (χ2v) is 7.07. The van der Waals surface area contributed by atoms with Crippen molar-refractivity contribution in [2.75, 3.05) is 14.2 Å². The molecule has 3 rings (SSSR count). The van der Waals surface area contributed by atoms with E-state index in [4.69, 9.17) is 21.1 Å². The number of halogens is 1. The van der Waals surface area contributed by atoms with Crippen molar-refractivity contribution < 1.29 is 9.47 Å². The summed E-state index contributed by atoms with van der Waals surface area (Å²) in [5, 5.41) is 10.2. The fourth-order valence-corrected chi connectivity index (χ4v) is 3.72. The van der Waals surface area contributed by atoms with Crippen molar-refractivity contribution in [2.24, 2.45) is 0 Å². The molecule has 0 saturated heterocycles. The topological polar surface area (TPSA) is 49.2 Å². The molecule has 0 aliphatic heterocycles.